The van der Waals surface area contributed by atoms with Crippen LogP contribution in [0.1, 0.15) is 12.8 Å². The molecule has 0 aromatic rings. The van der Waals surface area contributed by atoms with Gasteiger partial charge in [0.05, 0.1) is 13.2 Å². The van der Waals surface area contributed by atoms with Crippen molar-refractivity contribution in [3.63, 3.8) is 0 Å². The summed E-state index contributed by atoms with van der Waals surface area (Å²) in [7, 11) is 3.63. The summed E-state index contributed by atoms with van der Waals surface area (Å²) in [4.78, 5) is 24.4. The van der Waals surface area contributed by atoms with Crippen LogP contribution >= 0.6 is 0 Å². The Hall–Kier alpha value is -0.940. The lowest BCUT2D eigenvalue weighted by atomic mass is 10.4. The monoisotopic (exact) mass is 214 g/mol. The van der Waals surface area contributed by atoms with E-state index >= 15 is 0 Å². The number of carbonyl (C=O) groups is 2. The Labute approximate surface area is 90.0 Å². The maximum absolute atomic E-state index is 10.5. The Bertz CT molecular complexity index is 221. The lowest BCUT2D eigenvalue weighted by Crippen LogP contribution is -2.32. The third-order valence-electron chi connectivity index (χ3n) is 2.54. The van der Waals surface area contributed by atoms with Gasteiger partial charge in [-0.15, -0.1) is 0 Å². The summed E-state index contributed by atoms with van der Waals surface area (Å²) in [5.41, 5.74) is 0. The number of ether oxygens (including phenoxy) is 1. The molecule has 0 N–H and O–H groups in total. The first-order valence-corrected chi connectivity index (χ1v) is 5.17. The molecule has 5 nitrogen and oxygen atoms in total. The van der Waals surface area contributed by atoms with E-state index in [-0.39, 0.29) is 11.8 Å². The zero-order valence-electron chi connectivity index (χ0n) is 9.36. The molecule has 15 heavy (non-hydrogen) atoms. The van der Waals surface area contributed by atoms with E-state index in [9.17, 15) is 9.59 Å². The van der Waals surface area contributed by atoms with Crippen LogP contribution in [0.2, 0.25) is 0 Å². The van der Waals surface area contributed by atoms with E-state index < -0.39 is 0 Å². The number of amides is 2. The van der Waals surface area contributed by atoms with Gasteiger partial charge in [0, 0.05) is 33.0 Å². The third kappa shape index (κ3) is 3.97. The molecule has 2 saturated heterocycles. The van der Waals surface area contributed by atoms with E-state index in [2.05, 4.69) is 11.9 Å². The number of nitrogens with zero attached hydrogens (tertiary/aromatic N) is 2. The molecule has 2 aliphatic heterocycles. The van der Waals surface area contributed by atoms with Gasteiger partial charge in [0.2, 0.25) is 11.8 Å². The Morgan fingerprint density at radius 2 is 1.47 bits per heavy atom. The first kappa shape index (κ1) is 12.1. The second kappa shape index (κ2) is 5.82. The van der Waals surface area contributed by atoms with Crippen LogP contribution in [0, 0.1) is 0 Å². The van der Waals surface area contributed by atoms with Crippen LogP contribution < -0.4 is 0 Å². The summed E-state index contributed by atoms with van der Waals surface area (Å²) in [5, 5.41) is 0. The molecule has 2 aliphatic rings. The Balaban J connectivity index is 0.000000151. The minimum absolute atomic E-state index is 0.0602. The number of carbonyl (C=O) groups excluding carboxylic acids is 2. The lowest BCUT2D eigenvalue weighted by molar-refractivity contribution is -0.136. The molecule has 2 heterocycles. The van der Waals surface area contributed by atoms with Gasteiger partial charge in [-0.3, -0.25) is 14.5 Å². The Morgan fingerprint density at radius 1 is 1.00 bits per heavy atom. The van der Waals surface area contributed by atoms with E-state index in [0.717, 1.165) is 26.3 Å². The van der Waals surface area contributed by atoms with Crippen LogP contribution in [0.15, 0.2) is 0 Å². The first-order chi connectivity index (χ1) is 7.11. The van der Waals surface area contributed by atoms with Gasteiger partial charge >= 0.3 is 0 Å². The molecule has 0 radical (unpaired) electrons. The van der Waals surface area contributed by atoms with E-state index in [1.165, 1.54) is 11.9 Å². The highest BCUT2D eigenvalue weighted by molar-refractivity contribution is 6.01. The molecule has 0 aliphatic carbocycles. The molecule has 2 rings (SSSR count). The van der Waals surface area contributed by atoms with Gasteiger partial charge in [0.15, 0.2) is 0 Å². The highest BCUT2D eigenvalue weighted by Crippen LogP contribution is 2.07. The quantitative estimate of drug-likeness (QED) is 0.520. The van der Waals surface area contributed by atoms with Gasteiger partial charge in [-0.05, 0) is 7.05 Å². The Kier molecular flexibility index (Phi) is 4.71. The standard InChI is InChI=1S/C5H7NO2.C5H11NO/c1-6-4(7)2-3-5(6)8;1-6-2-4-7-5-3-6/h2-3H2,1H3;2-5H2,1H3. The van der Waals surface area contributed by atoms with E-state index in [1.807, 2.05) is 0 Å². The molecule has 5 heteroatoms. The summed E-state index contributed by atoms with van der Waals surface area (Å²) in [6.45, 7) is 4.02. The highest BCUT2D eigenvalue weighted by atomic mass is 16.5. The smallest absolute Gasteiger partial charge is 0.229 e. The number of morpholine rings is 1. The van der Waals surface area contributed by atoms with Crippen molar-refractivity contribution in [2.24, 2.45) is 0 Å². The number of hydrogen-bond acceptors (Lipinski definition) is 4. The second-order valence-electron chi connectivity index (χ2n) is 3.76. The molecular weight excluding hydrogens is 196 g/mol. The molecule has 2 amide bonds. The summed E-state index contributed by atoms with van der Waals surface area (Å²) < 4.78 is 5.10. The molecule has 2 fully saturated rings. The molecule has 0 saturated carbocycles. The molecule has 0 aromatic carbocycles. The molecule has 0 bridgehead atoms. The van der Waals surface area contributed by atoms with Crippen molar-refractivity contribution in [2.45, 2.75) is 12.8 Å². The van der Waals surface area contributed by atoms with Crippen LogP contribution in [-0.4, -0.2) is 62.0 Å². The van der Waals surface area contributed by atoms with E-state index in [0.29, 0.717) is 12.8 Å². The van der Waals surface area contributed by atoms with Gasteiger partial charge in [0.1, 0.15) is 0 Å². The average molecular weight is 214 g/mol. The van der Waals surface area contributed by atoms with Crippen LogP contribution in [0.5, 0.6) is 0 Å². The summed E-state index contributed by atoms with van der Waals surface area (Å²) in [6, 6.07) is 0. The number of hydrogen-bond donors (Lipinski definition) is 0. The van der Waals surface area contributed by atoms with Crippen LogP contribution in [0.4, 0.5) is 0 Å². The van der Waals surface area contributed by atoms with Crippen molar-refractivity contribution in [3.8, 4) is 0 Å². The van der Waals surface area contributed by atoms with E-state index in [4.69, 9.17) is 4.74 Å². The van der Waals surface area contributed by atoms with Crippen molar-refractivity contribution in [2.75, 3.05) is 40.4 Å². The number of likely N-dealkylation sites (N-methyl/N-ethyl adjacent to an activating group) is 1. The zero-order valence-corrected chi connectivity index (χ0v) is 9.36. The normalized spacial score (nSPS) is 22.7. The molecule has 0 aromatic heterocycles. The van der Waals surface area contributed by atoms with Gasteiger partial charge in [-0.1, -0.05) is 0 Å². The Morgan fingerprint density at radius 3 is 1.67 bits per heavy atom. The summed E-state index contributed by atoms with van der Waals surface area (Å²) >= 11 is 0. The predicted molar refractivity (Wildman–Crippen MR) is 55.3 cm³/mol. The molecular formula is C10H18N2O3. The summed E-state index contributed by atoms with van der Waals surface area (Å²) in [5.74, 6) is -0.120. The topological polar surface area (TPSA) is 49.9 Å². The first-order valence-electron chi connectivity index (χ1n) is 5.17. The fourth-order valence-electron chi connectivity index (χ4n) is 1.34. The minimum atomic E-state index is -0.0602. The van der Waals surface area contributed by atoms with Crippen molar-refractivity contribution >= 4 is 11.8 Å². The van der Waals surface area contributed by atoms with Gasteiger partial charge in [0.25, 0.3) is 0 Å². The number of imide groups is 1. The average Bonchev–Trinajstić information content (AvgIpc) is 2.52. The van der Waals surface area contributed by atoms with Crippen LogP contribution in [0.3, 0.4) is 0 Å². The lowest BCUT2D eigenvalue weighted by Gasteiger charge is -2.21. The van der Waals surface area contributed by atoms with Crippen LogP contribution in [0.25, 0.3) is 0 Å². The number of likely N-dealkylation sites (tertiary alicyclic amines) is 1. The molecule has 0 spiro atoms. The van der Waals surface area contributed by atoms with Crippen molar-refractivity contribution < 1.29 is 14.3 Å². The molecule has 86 valence electrons. The van der Waals surface area contributed by atoms with Crippen molar-refractivity contribution in [3.05, 3.63) is 0 Å². The summed E-state index contributed by atoms with van der Waals surface area (Å²) in [6.07, 6.45) is 0.796. The van der Waals surface area contributed by atoms with Gasteiger partial charge in [-0.2, -0.15) is 0 Å². The SMILES string of the molecule is CN1C(=O)CCC1=O.CN1CCOCC1. The fourth-order valence-corrected chi connectivity index (χ4v) is 1.34. The largest absolute Gasteiger partial charge is 0.379 e. The van der Waals surface area contributed by atoms with E-state index in [1.54, 1.807) is 0 Å². The number of rotatable bonds is 0. The minimum Gasteiger partial charge on any atom is -0.379 e. The van der Waals surface area contributed by atoms with Crippen molar-refractivity contribution in [1.29, 1.82) is 0 Å². The maximum atomic E-state index is 10.5. The zero-order chi connectivity index (χ0) is 11.3. The molecule has 0 atom stereocenters. The predicted octanol–water partition coefficient (Wildman–Crippen LogP) is -0.286. The third-order valence-corrected chi connectivity index (χ3v) is 2.54. The maximum Gasteiger partial charge on any atom is 0.229 e. The van der Waals surface area contributed by atoms with Gasteiger partial charge < -0.3 is 9.64 Å². The molecule has 0 unspecified atom stereocenters. The van der Waals surface area contributed by atoms with Gasteiger partial charge in [-0.25, -0.2) is 0 Å². The van der Waals surface area contributed by atoms with Crippen LogP contribution in [-0.2, 0) is 14.3 Å². The highest BCUT2D eigenvalue weighted by Gasteiger charge is 2.24. The second-order valence-corrected chi connectivity index (χ2v) is 3.76. The van der Waals surface area contributed by atoms with Crippen molar-refractivity contribution in [1.82, 2.24) is 9.80 Å². The fraction of sp³-hybridized carbons (Fsp3) is 0.800.